The van der Waals surface area contributed by atoms with Gasteiger partial charge in [-0.25, -0.2) is 0 Å². The zero-order valence-electron chi connectivity index (χ0n) is 18.7. The van der Waals surface area contributed by atoms with Crippen molar-refractivity contribution in [3.05, 3.63) is 130 Å². The van der Waals surface area contributed by atoms with Crippen LogP contribution in [-0.2, 0) is 10.8 Å². The lowest BCUT2D eigenvalue weighted by Gasteiger charge is -2.47. The molecule has 3 aliphatic rings. The first-order chi connectivity index (χ1) is 15.7. The van der Waals surface area contributed by atoms with Crippen LogP contribution in [0.3, 0.4) is 0 Å². The molecule has 0 bridgehead atoms. The highest BCUT2D eigenvalue weighted by atomic mass is 14.6. The summed E-state index contributed by atoms with van der Waals surface area (Å²) in [6.45, 7) is 4.83. The Kier molecular flexibility index (Phi) is 3.48. The van der Waals surface area contributed by atoms with Crippen molar-refractivity contribution < 1.29 is 0 Å². The summed E-state index contributed by atoms with van der Waals surface area (Å²) >= 11 is 0. The normalized spacial score (nSPS) is 18.4. The molecule has 0 aliphatic heterocycles. The van der Waals surface area contributed by atoms with E-state index in [1.807, 2.05) is 0 Å². The van der Waals surface area contributed by atoms with Gasteiger partial charge in [-0.1, -0.05) is 108 Å². The SMILES string of the molecule is CC1=C(C)C2(CCC13c1ccccc1-c1ccccc13)c1ccccc1-c1ccccc12. The predicted molar refractivity (Wildman–Crippen MR) is 133 cm³/mol. The minimum atomic E-state index is -0.0189. The van der Waals surface area contributed by atoms with Gasteiger partial charge in [0.25, 0.3) is 0 Å². The third-order valence-corrected chi connectivity index (χ3v) is 8.85. The summed E-state index contributed by atoms with van der Waals surface area (Å²) in [5, 5.41) is 0. The molecule has 0 radical (unpaired) electrons. The lowest BCUT2D eigenvalue weighted by molar-refractivity contribution is 0.406. The maximum atomic E-state index is 2.42. The highest BCUT2D eigenvalue weighted by molar-refractivity contribution is 5.87. The molecule has 0 amide bonds. The van der Waals surface area contributed by atoms with Gasteiger partial charge in [-0.2, -0.15) is 0 Å². The molecule has 0 unspecified atom stereocenters. The fourth-order valence-corrected chi connectivity index (χ4v) is 7.39. The molecule has 0 fully saturated rings. The van der Waals surface area contributed by atoms with Gasteiger partial charge >= 0.3 is 0 Å². The molecule has 4 aromatic carbocycles. The number of benzene rings is 4. The topological polar surface area (TPSA) is 0 Å². The minimum absolute atomic E-state index is 0.0189. The van der Waals surface area contributed by atoms with E-state index >= 15 is 0 Å². The van der Waals surface area contributed by atoms with Crippen LogP contribution >= 0.6 is 0 Å². The molecule has 0 N–H and O–H groups in total. The van der Waals surface area contributed by atoms with Gasteiger partial charge < -0.3 is 0 Å². The Labute approximate surface area is 190 Å². The van der Waals surface area contributed by atoms with E-state index in [0.29, 0.717) is 0 Å². The lowest BCUT2D eigenvalue weighted by atomic mass is 9.55. The Hall–Kier alpha value is -3.38. The van der Waals surface area contributed by atoms with E-state index in [0.717, 1.165) is 12.8 Å². The summed E-state index contributed by atoms with van der Waals surface area (Å²) in [5.41, 5.74) is 14.7. The van der Waals surface area contributed by atoms with Gasteiger partial charge in [0.2, 0.25) is 0 Å². The predicted octanol–water partition coefficient (Wildman–Crippen LogP) is 8.05. The first kappa shape index (κ1) is 18.2. The Morgan fingerprint density at radius 2 is 0.656 bits per heavy atom. The van der Waals surface area contributed by atoms with E-state index < -0.39 is 0 Å². The number of hydrogen-bond donors (Lipinski definition) is 0. The van der Waals surface area contributed by atoms with Crippen LogP contribution in [0.1, 0.15) is 48.9 Å². The first-order valence-electron chi connectivity index (χ1n) is 11.8. The first-order valence-corrected chi connectivity index (χ1v) is 11.8. The number of rotatable bonds is 0. The van der Waals surface area contributed by atoms with E-state index in [9.17, 15) is 0 Å². The fraction of sp³-hybridized carbons (Fsp3) is 0.188. The van der Waals surface area contributed by atoms with Crippen LogP contribution in [0.4, 0.5) is 0 Å². The van der Waals surface area contributed by atoms with Gasteiger partial charge in [-0.15, -0.1) is 0 Å². The molecule has 7 rings (SSSR count). The summed E-state index contributed by atoms with van der Waals surface area (Å²) in [7, 11) is 0. The zero-order valence-corrected chi connectivity index (χ0v) is 18.7. The Morgan fingerprint density at radius 3 is 0.938 bits per heavy atom. The van der Waals surface area contributed by atoms with Gasteiger partial charge in [0.05, 0.1) is 0 Å². The molecule has 0 saturated carbocycles. The quantitative estimate of drug-likeness (QED) is 0.257. The highest BCUT2D eigenvalue weighted by Crippen LogP contribution is 2.65. The van der Waals surface area contributed by atoms with Crippen LogP contribution in [-0.4, -0.2) is 0 Å². The van der Waals surface area contributed by atoms with Crippen molar-refractivity contribution in [1.29, 1.82) is 0 Å². The minimum Gasteiger partial charge on any atom is -0.0619 e. The van der Waals surface area contributed by atoms with Crippen molar-refractivity contribution in [1.82, 2.24) is 0 Å². The number of fused-ring (bicyclic) bond motifs is 10. The van der Waals surface area contributed by atoms with Crippen LogP contribution in [0.15, 0.2) is 108 Å². The van der Waals surface area contributed by atoms with E-state index in [-0.39, 0.29) is 10.8 Å². The summed E-state index contributed by atoms with van der Waals surface area (Å²) in [4.78, 5) is 0. The molecule has 4 aromatic rings. The van der Waals surface area contributed by atoms with Crippen molar-refractivity contribution in [3.63, 3.8) is 0 Å². The molecule has 0 nitrogen and oxygen atoms in total. The Morgan fingerprint density at radius 1 is 0.406 bits per heavy atom. The van der Waals surface area contributed by atoms with Gasteiger partial charge in [0, 0.05) is 10.8 Å². The third-order valence-electron chi connectivity index (χ3n) is 8.85. The second kappa shape index (κ2) is 6.11. The summed E-state index contributed by atoms with van der Waals surface area (Å²) in [6.07, 6.45) is 2.26. The maximum Gasteiger partial charge on any atom is 0.0424 e. The van der Waals surface area contributed by atoms with Crippen LogP contribution in [0.25, 0.3) is 22.3 Å². The molecule has 154 valence electrons. The van der Waals surface area contributed by atoms with Gasteiger partial charge in [0.15, 0.2) is 0 Å². The summed E-state index contributed by atoms with van der Waals surface area (Å²) < 4.78 is 0. The van der Waals surface area contributed by atoms with E-state index in [2.05, 4.69) is 111 Å². The number of allylic oxidation sites excluding steroid dienone is 2. The average molecular weight is 411 g/mol. The van der Waals surface area contributed by atoms with Crippen molar-refractivity contribution in [2.45, 2.75) is 37.5 Å². The van der Waals surface area contributed by atoms with Crippen molar-refractivity contribution in [3.8, 4) is 22.3 Å². The second-order valence-electron chi connectivity index (χ2n) is 9.74. The van der Waals surface area contributed by atoms with Gasteiger partial charge in [-0.05, 0) is 71.2 Å². The molecular formula is C32H26. The molecule has 0 aromatic heterocycles. The zero-order chi connectivity index (χ0) is 21.5. The summed E-state index contributed by atoms with van der Waals surface area (Å²) in [6, 6.07) is 36.4. The van der Waals surface area contributed by atoms with Crippen molar-refractivity contribution >= 4 is 0 Å². The van der Waals surface area contributed by atoms with Crippen LogP contribution < -0.4 is 0 Å². The van der Waals surface area contributed by atoms with E-state index in [4.69, 9.17) is 0 Å². The van der Waals surface area contributed by atoms with Crippen LogP contribution in [0.5, 0.6) is 0 Å². The standard InChI is InChI=1S/C32H26/c1-21-22(2)32(29-17-9-5-13-25(29)26-14-6-10-18-30(26)32)20-19-31(21)27-15-7-3-11-23(27)24-12-4-8-16-28(24)31/h3-18H,19-20H2,1-2H3. The lowest BCUT2D eigenvalue weighted by Crippen LogP contribution is -2.40. The molecular weight excluding hydrogens is 384 g/mol. The fourth-order valence-electron chi connectivity index (χ4n) is 7.39. The van der Waals surface area contributed by atoms with Crippen molar-refractivity contribution in [2.24, 2.45) is 0 Å². The molecule has 0 heteroatoms. The molecule has 0 atom stereocenters. The highest BCUT2D eigenvalue weighted by Gasteiger charge is 2.54. The second-order valence-corrected chi connectivity index (χ2v) is 9.74. The van der Waals surface area contributed by atoms with Gasteiger partial charge in [-0.3, -0.25) is 0 Å². The average Bonchev–Trinajstić information content (AvgIpc) is 3.30. The Balaban J connectivity index is 1.56. The largest absolute Gasteiger partial charge is 0.0619 e. The van der Waals surface area contributed by atoms with Crippen LogP contribution in [0, 0.1) is 0 Å². The Bertz CT molecular complexity index is 1250. The van der Waals surface area contributed by atoms with Crippen molar-refractivity contribution in [2.75, 3.05) is 0 Å². The third kappa shape index (κ3) is 1.91. The number of hydrogen-bond acceptors (Lipinski definition) is 0. The van der Waals surface area contributed by atoms with Crippen LogP contribution in [0.2, 0.25) is 0 Å². The maximum absolute atomic E-state index is 2.42. The molecule has 2 spiro atoms. The molecule has 0 saturated heterocycles. The monoisotopic (exact) mass is 410 g/mol. The van der Waals surface area contributed by atoms with Gasteiger partial charge in [0.1, 0.15) is 0 Å². The summed E-state index contributed by atoms with van der Waals surface area (Å²) in [5.74, 6) is 0. The molecule has 32 heavy (non-hydrogen) atoms. The van der Waals surface area contributed by atoms with E-state index in [1.54, 1.807) is 0 Å². The van der Waals surface area contributed by atoms with E-state index in [1.165, 1.54) is 55.7 Å². The molecule has 3 aliphatic carbocycles. The smallest absolute Gasteiger partial charge is 0.0424 e. The molecule has 0 heterocycles.